The zero-order chi connectivity index (χ0) is 12.1. The Morgan fingerprint density at radius 1 is 1.19 bits per heavy atom. The van der Waals surface area contributed by atoms with Gasteiger partial charge in [-0.15, -0.1) is 0 Å². The lowest BCUT2D eigenvalue weighted by atomic mass is 9.85. The molecule has 88 valence electrons. The van der Waals surface area contributed by atoms with Crippen LogP contribution in [0.4, 0.5) is 0 Å². The molecule has 0 aromatic heterocycles. The first-order valence-corrected chi connectivity index (χ1v) is 5.81. The fourth-order valence-corrected chi connectivity index (χ4v) is 2.07. The number of benzene rings is 1. The van der Waals surface area contributed by atoms with Gasteiger partial charge in [0.15, 0.2) is 0 Å². The Balaban J connectivity index is 2.85. The zero-order valence-electron chi connectivity index (χ0n) is 10.7. The van der Waals surface area contributed by atoms with E-state index in [9.17, 15) is 0 Å². The molecule has 0 N–H and O–H groups in total. The number of hydrogen-bond acceptors (Lipinski definition) is 1. The molecule has 1 nitrogen and oxygen atoms in total. The van der Waals surface area contributed by atoms with Crippen LogP contribution in [0.25, 0.3) is 0 Å². The van der Waals surface area contributed by atoms with Crippen molar-refractivity contribution in [2.75, 3.05) is 7.11 Å². The van der Waals surface area contributed by atoms with Crippen molar-refractivity contribution in [3.8, 4) is 0 Å². The quantitative estimate of drug-likeness (QED) is 0.678. The fraction of sp³-hybridized carbons (Fsp3) is 0.467. The largest absolute Gasteiger partial charge is 0.380 e. The summed E-state index contributed by atoms with van der Waals surface area (Å²) in [6, 6.07) is 10.5. The molecule has 3 atom stereocenters. The van der Waals surface area contributed by atoms with Gasteiger partial charge < -0.3 is 4.74 Å². The summed E-state index contributed by atoms with van der Waals surface area (Å²) in [7, 11) is 1.78. The van der Waals surface area contributed by atoms with Crippen molar-refractivity contribution in [2.24, 2.45) is 5.92 Å². The summed E-state index contributed by atoms with van der Waals surface area (Å²) < 4.78 is 5.63. The normalized spacial score (nSPS) is 16.5. The van der Waals surface area contributed by atoms with E-state index in [1.165, 1.54) is 11.1 Å². The van der Waals surface area contributed by atoms with Crippen molar-refractivity contribution in [1.29, 1.82) is 0 Å². The Kier molecular flexibility index (Phi) is 4.75. The van der Waals surface area contributed by atoms with Crippen LogP contribution in [0.5, 0.6) is 0 Å². The molecular weight excluding hydrogens is 196 g/mol. The lowest BCUT2D eigenvalue weighted by molar-refractivity contribution is 0.0524. The molecule has 1 heteroatoms. The Morgan fingerprint density at radius 3 is 2.19 bits per heavy atom. The van der Waals surface area contributed by atoms with Crippen LogP contribution in [-0.4, -0.2) is 13.2 Å². The molecule has 16 heavy (non-hydrogen) atoms. The molecule has 1 aromatic rings. The van der Waals surface area contributed by atoms with Gasteiger partial charge in [0.05, 0.1) is 6.10 Å². The van der Waals surface area contributed by atoms with Gasteiger partial charge in [0, 0.05) is 18.9 Å². The number of ether oxygens (including phenoxy) is 1. The molecule has 0 aliphatic rings. The molecule has 0 saturated heterocycles. The van der Waals surface area contributed by atoms with E-state index in [-0.39, 0.29) is 6.10 Å². The second-order valence-corrected chi connectivity index (χ2v) is 4.53. The standard InChI is InChI=1S/C15H22O/c1-11(2)12(3)15(16-5)13(4)14-9-7-6-8-10-14/h6-10,12-13,15H,1H2,2-5H3/t12-,13-,15-/m1/s1. The molecule has 0 fully saturated rings. The van der Waals surface area contributed by atoms with Gasteiger partial charge in [-0.3, -0.25) is 0 Å². The van der Waals surface area contributed by atoms with Crippen molar-refractivity contribution in [3.63, 3.8) is 0 Å². The van der Waals surface area contributed by atoms with Crippen molar-refractivity contribution in [1.82, 2.24) is 0 Å². The van der Waals surface area contributed by atoms with Gasteiger partial charge in [0.1, 0.15) is 0 Å². The summed E-state index contributed by atoms with van der Waals surface area (Å²) in [6.07, 6.45) is 0.194. The highest BCUT2D eigenvalue weighted by Crippen LogP contribution is 2.29. The van der Waals surface area contributed by atoms with Gasteiger partial charge in [-0.2, -0.15) is 0 Å². The third kappa shape index (κ3) is 2.96. The van der Waals surface area contributed by atoms with E-state index in [2.05, 4.69) is 51.6 Å². The monoisotopic (exact) mass is 218 g/mol. The molecule has 0 aliphatic heterocycles. The Morgan fingerprint density at radius 2 is 1.75 bits per heavy atom. The second kappa shape index (κ2) is 5.86. The van der Waals surface area contributed by atoms with Crippen molar-refractivity contribution >= 4 is 0 Å². The molecule has 0 aliphatic carbocycles. The first-order valence-electron chi connectivity index (χ1n) is 5.81. The third-order valence-electron chi connectivity index (χ3n) is 3.36. The van der Waals surface area contributed by atoms with E-state index >= 15 is 0 Å². The SMILES string of the molecule is C=C(C)[C@@H](C)[C@@H](OC)[C@H](C)c1ccccc1. The molecular formula is C15H22O. The Labute approximate surface area is 99.1 Å². The molecule has 0 saturated carbocycles. The highest BCUT2D eigenvalue weighted by molar-refractivity contribution is 5.21. The summed E-state index contributed by atoms with van der Waals surface area (Å²) in [5.41, 5.74) is 2.50. The molecule has 0 radical (unpaired) electrons. The lowest BCUT2D eigenvalue weighted by Gasteiger charge is -2.29. The van der Waals surface area contributed by atoms with Crippen LogP contribution in [-0.2, 0) is 4.74 Å². The van der Waals surface area contributed by atoms with Crippen LogP contribution in [0, 0.1) is 5.92 Å². The maximum Gasteiger partial charge on any atom is 0.0699 e. The van der Waals surface area contributed by atoms with E-state index in [0.29, 0.717) is 11.8 Å². The van der Waals surface area contributed by atoms with Crippen molar-refractivity contribution in [2.45, 2.75) is 32.8 Å². The van der Waals surface area contributed by atoms with Crippen molar-refractivity contribution < 1.29 is 4.74 Å². The first-order chi connectivity index (χ1) is 7.57. The van der Waals surface area contributed by atoms with Gasteiger partial charge in [0.25, 0.3) is 0 Å². The highest BCUT2D eigenvalue weighted by Gasteiger charge is 2.24. The number of hydrogen-bond donors (Lipinski definition) is 0. The van der Waals surface area contributed by atoms with E-state index in [1.54, 1.807) is 7.11 Å². The van der Waals surface area contributed by atoms with Crippen LogP contribution >= 0.6 is 0 Å². The molecule has 0 spiro atoms. The summed E-state index contributed by atoms with van der Waals surface area (Å²) in [5, 5.41) is 0. The maximum atomic E-state index is 5.63. The second-order valence-electron chi connectivity index (χ2n) is 4.53. The van der Waals surface area contributed by atoms with Crippen LogP contribution in [0.15, 0.2) is 42.5 Å². The average molecular weight is 218 g/mol. The predicted molar refractivity (Wildman–Crippen MR) is 69.6 cm³/mol. The summed E-state index contributed by atoms with van der Waals surface area (Å²) >= 11 is 0. The molecule has 0 heterocycles. The maximum absolute atomic E-state index is 5.63. The van der Waals surface area contributed by atoms with Gasteiger partial charge in [-0.1, -0.05) is 56.3 Å². The molecule has 0 amide bonds. The topological polar surface area (TPSA) is 9.23 Å². The first kappa shape index (κ1) is 13.0. The van der Waals surface area contributed by atoms with Gasteiger partial charge in [0.2, 0.25) is 0 Å². The van der Waals surface area contributed by atoms with E-state index in [4.69, 9.17) is 4.74 Å². The molecule has 0 bridgehead atoms. The number of rotatable bonds is 5. The molecule has 1 rings (SSSR count). The summed E-state index contributed by atoms with van der Waals surface area (Å²) in [4.78, 5) is 0. The third-order valence-corrected chi connectivity index (χ3v) is 3.36. The van der Waals surface area contributed by atoms with E-state index in [0.717, 1.165) is 0 Å². The highest BCUT2D eigenvalue weighted by atomic mass is 16.5. The fourth-order valence-electron chi connectivity index (χ4n) is 2.07. The van der Waals surface area contributed by atoms with E-state index < -0.39 is 0 Å². The minimum absolute atomic E-state index is 0.194. The molecule has 1 aromatic carbocycles. The molecule has 0 unspecified atom stereocenters. The van der Waals surface area contributed by atoms with Crippen molar-refractivity contribution in [3.05, 3.63) is 48.0 Å². The van der Waals surface area contributed by atoms with Gasteiger partial charge >= 0.3 is 0 Å². The zero-order valence-corrected chi connectivity index (χ0v) is 10.7. The summed E-state index contributed by atoms with van der Waals surface area (Å²) in [6.45, 7) is 10.5. The van der Waals surface area contributed by atoms with Crippen LogP contribution in [0.3, 0.4) is 0 Å². The van der Waals surface area contributed by atoms with Gasteiger partial charge in [-0.25, -0.2) is 0 Å². The minimum Gasteiger partial charge on any atom is -0.380 e. The van der Waals surface area contributed by atoms with Crippen LogP contribution in [0.1, 0.15) is 32.3 Å². The van der Waals surface area contributed by atoms with E-state index in [1.807, 2.05) is 6.07 Å². The average Bonchev–Trinajstić information content (AvgIpc) is 2.30. The number of methoxy groups -OCH3 is 1. The van der Waals surface area contributed by atoms with Crippen LogP contribution in [0.2, 0.25) is 0 Å². The minimum atomic E-state index is 0.194. The smallest absolute Gasteiger partial charge is 0.0699 e. The van der Waals surface area contributed by atoms with Crippen LogP contribution < -0.4 is 0 Å². The Bertz CT molecular complexity index is 329. The Hall–Kier alpha value is -1.08. The summed E-state index contributed by atoms with van der Waals surface area (Å²) in [5.74, 6) is 0.762. The predicted octanol–water partition coefficient (Wildman–Crippen LogP) is 4.02. The lowest BCUT2D eigenvalue weighted by Crippen LogP contribution is -2.27. The van der Waals surface area contributed by atoms with Gasteiger partial charge in [-0.05, 0) is 12.5 Å².